The van der Waals surface area contributed by atoms with Gasteiger partial charge in [0.2, 0.25) is 0 Å². The summed E-state index contributed by atoms with van der Waals surface area (Å²) in [4.78, 5) is 8.45. The fourth-order valence-corrected chi connectivity index (χ4v) is 1.84. The summed E-state index contributed by atoms with van der Waals surface area (Å²) in [5.41, 5.74) is 2.31. The lowest BCUT2D eigenvalue weighted by molar-refractivity contribution is -0.135. The van der Waals surface area contributed by atoms with Gasteiger partial charge in [-0.3, -0.25) is 0 Å². The van der Waals surface area contributed by atoms with Gasteiger partial charge in [0.05, 0.1) is 5.69 Å². The van der Waals surface area contributed by atoms with Crippen LogP contribution in [0.15, 0.2) is 12.6 Å². The number of rotatable bonds is 6. The predicted octanol–water partition coefficient (Wildman–Crippen LogP) is 4.48. The highest BCUT2D eigenvalue weighted by atomic mass is 19.4. The molecular formula is C14H19F3N2. The molecule has 0 spiro atoms. The molecule has 0 aliphatic heterocycles. The molecule has 1 aromatic heterocycles. The molecule has 1 rings (SSSR count). The van der Waals surface area contributed by atoms with Gasteiger partial charge in [-0.25, -0.2) is 9.97 Å². The Morgan fingerprint density at radius 3 is 2.58 bits per heavy atom. The van der Waals surface area contributed by atoms with Gasteiger partial charge >= 0.3 is 6.18 Å². The van der Waals surface area contributed by atoms with Gasteiger partial charge in [0.1, 0.15) is 5.82 Å². The Morgan fingerprint density at radius 1 is 1.32 bits per heavy atom. The molecule has 1 heterocycles. The van der Waals surface area contributed by atoms with Crippen LogP contribution in [0.5, 0.6) is 0 Å². The fraction of sp³-hybridized carbons (Fsp3) is 0.571. The maximum Gasteiger partial charge on any atom is 0.389 e. The molecule has 0 radical (unpaired) electrons. The molecule has 0 fully saturated rings. The molecular weight excluding hydrogens is 253 g/mol. The van der Waals surface area contributed by atoms with E-state index in [4.69, 9.17) is 0 Å². The van der Waals surface area contributed by atoms with E-state index in [1.165, 1.54) is 0 Å². The van der Waals surface area contributed by atoms with Gasteiger partial charge < -0.3 is 0 Å². The zero-order chi connectivity index (χ0) is 14.5. The number of nitrogens with zero attached hydrogens (tertiary/aromatic N) is 2. The number of allylic oxidation sites excluding steroid dienone is 1. The first-order valence-electron chi connectivity index (χ1n) is 6.41. The van der Waals surface area contributed by atoms with E-state index < -0.39 is 12.6 Å². The lowest BCUT2D eigenvalue weighted by Gasteiger charge is -2.09. The zero-order valence-corrected chi connectivity index (χ0v) is 11.3. The van der Waals surface area contributed by atoms with Gasteiger partial charge in [-0.15, -0.1) is 0 Å². The summed E-state index contributed by atoms with van der Waals surface area (Å²) in [6.45, 7) is 7.74. The molecule has 0 unspecified atom stereocenters. The smallest absolute Gasteiger partial charge is 0.238 e. The molecule has 0 amide bonds. The summed E-state index contributed by atoms with van der Waals surface area (Å²) in [5.74, 6) is 0.580. The molecule has 0 aliphatic rings. The monoisotopic (exact) mass is 272 g/mol. The number of alkyl halides is 3. The van der Waals surface area contributed by atoms with Crippen molar-refractivity contribution in [1.82, 2.24) is 9.97 Å². The van der Waals surface area contributed by atoms with Crippen molar-refractivity contribution in [1.29, 1.82) is 0 Å². The predicted molar refractivity (Wildman–Crippen MR) is 69.7 cm³/mol. The summed E-state index contributed by atoms with van der Waals surface area (Å²) < 4.78 is 36.3. The zero-order valence-electron chi connectivity index (χ0n) is 11.3. The van der Waals surface area contributed by atoms with Crippen LogP contribution in [-0.4, -0.2) is 16.1 Å². The van der Waals surface area contributed by atoms with Crippen LogP contribution in [0.25, 0.3) is 5.57 Å². The summed E-state index contributed by atoms with van der Waals surface area (Å²) in [6, 6.07) is 1.75. The Morgan fingerprint density at radius 2 is 2.00 bits per heavy atom. The van der Waals surface area contributed by atoms with Crippen LogP contribution in [0.4, 0.5) is 13.2 Å². The molecule has 0 saturated carbocycles. The van der Waals surface area contributed by atoms with Crippen LogP contribution in [0.3, 0.4) is 0 Å². The number of halogens is 3. The van der Waals surface area contributed by atoms with Crippen molar-refractivity contribution < 1.29 is 13.2 Å². The number of hydrogen-bond donors (Lipinski definition) is 0. The summed E-state index contributed by atoms with van der Waals surface area (Å²) in [7, 11) is 0. The van der Waals surface area contributed by atoms with Crippen LogP contribution in [-0.2, 0) is 6.42 Å². The minimum absolute atomic E-state index is 0.0552. The quantitative estimate of drug-likeness (QED) is 0.762. The van der Waals surface area contributed by atoms with Crippen LogP contribution < -0.4 is 0 Å². The van der Waals surface area contributed by atoms with Gasteiger partial charge in [0.15, 0.2) is 0 Å². The molecule has 19 heavy (non-hydrogen) atoms. The minimum Gasteiger partial charge on any atom is -0.238 e. The molecule has 106 valence electrons. The SMILES string of the molecule is C=C(CCC)c1cc(CCCC(F)(F)F)nc(C)n1. The van der Waals surface area contributed by atoms with Crippen LogP contribution >= 0.6 is 0 Å². The first-order chi connectivity index (χ1) is 8.81. The van der Waals surface area contributed by atoms with Crippen LogP contribution in [0.2, 0.25) is 0 Å². The average Bonchev–Trinajstić information content (AvgIpc) is 2.26. The maximum atomic E-state index is 12.1. The van der Waals surface area contributed by atoms with E-state index in [1.54, 1.807) is 13.0 Å². The van der Waals surface area contributed by atoms with E-state index in [9.17, 15) is 13.2 Å². The fourth-order valence-electron chi connectivity index (χ4n) is 1.84. The van der Waals surface area contributed by atoms with Gasteiger partial charge in [0, 0.05) is 12.1 Å². The van der Waals surface area contributed by atoms with Crippen LogP contribution in [0, 0.1) is 6.92 Å². The highest BCUT2D eigenvalue weighted by molar-refractivity contribution is 5.60. The van der Waals surface area contributed by atoms with Gasteiger partial charge in [-0.2, -0.15) is 13.2 Å². The third-order valence-corrected chi connectivity index (χ3v) is 2.70. The van der Waals surface area contributed by atoms with Crippen molar-refractivity contribution in [2.45, 2.75) is 52.1 Å². The lowest BCUT2D eigenvalue weighted by Crippen LogP contribution is -2.08. The Bertz CT molecular complexity index is 439. The van der Waals surface area contributed by atoms with Crippen molar-refractivity contribution in [3.05, 3.63) is 29.9 Å². The van der Waals surface area contributed by atoms with Crippen molar-refractivity contribution in [2.75, 3.05) is 0 Å². The van der Waals surface area contributed by atoms with Gasteiger partial charge in [-0.1, -0.05) is 19.9 Å². The van der Waals surface area contributed by atoms with E-state index in [0.29, 0.717) is 17.9 Å². The molecule has 0 N–H and O–H groups in total. The Labute approximate surface area is 111 Å². The topological polar surface area (TPSA) is 25.8 Å². The van der Waals surface area contributed by atoms with Crippen molar-refractivity contribution in [3.63, 3.8) is 0 Å². The molecule has 5 heteroatoms. The molecule has 0 aliphatic carbocycles. The lowest BCUT2D eigenvalue weighted by atomic mass is 10.1. The number of hydrogen-bond acceptors (Lipinski definition) is 2. The molecule has 0 saturated heterocycles. The maximum absolute atomic E-state index is 12.1. The van der Waals surface area contributed by atoms with E-state index in [2.05, 4.69) is 16.5 Å². The molecule has 2 nitrogen and oxygen atoms in total. The largest absolute Gasteiger partial charge is 0.389 e. The van der Waals surface area contributed by atoms with E-state index in [0.717, 1.165) is 24.1 Å². The molecule has 1 aromatic rings. The second-order valence-corrected chi connectivity index (χ2v) is 4.61. The molecule has 0 aromatic carbocycles. The summed E-state index contributed by atoms with van der Waals surface area (Å²) in [6.07, 6.45) is -2.71. The minimum atomic E-state index is -4.10. The standard InChI is InChI=1S/C14H19F3N2/c1-4-6-10(2)13-9-12(18-11(3)19-13)7-5-8-14(15,16)17/h9H,2,4-8H2,1,3H3. The number of aromatic nitrogens is 2. The van der Waals surface area contributed by atoms with E-state index in [-0.39, 0.29) is 6.42 Å². The summed E-state index contributed by atoms with van der Waals surface area (Å²) >= 11 is 0. The third kappa shape index (κ3) is 5.85. The average molecular weight is 272 g/mol. The highest BCUT2D eigenvalue weighted by Crippen LogP contribution is 2.23. The third-order valence-electron chi connectivity index (χ3n) is 2.70. The summed E-state index contributed by atoms with van der Waals surface area (Å²) in [5, 5.41) is 0. The van der Waals surface area contributed by atoms with E-state index >= 15 is 0 Å². The molecule has 0 bridgehead atoms. The van der Waals surface area contributed by atoms with Crippen molar-refractivity contribution in [2.24, 2.45) is 0 Å². The van der Waals surface area contributed by atoms with Gasteiger partial charge in [0.25, 0.3) is 0 Å². The first-order valence-corrected chi connectivity index (χ1v) is 6.41. The second-order valence-electron chi connectivity index (χ2n) is 4.61. The first kappa shape index (κ1) is 15.7. The number of aryl methyl sites for hydroxylation is 2. The Kier molecular flexibility index (Phi) is 5.51. The highest BCUT2D eigenvalue weighted by Gasteiger charge is 2.26. The molecule has 0 atom stereocenters. The Balaban J connectivity index is 2.71. The van der Waals surface area contributed by atoms with E-state index in [1.807, 2.05) is 6.92 Å². The van der Waals surface area contributed by atoms with Crippen molar-refractivity contribution >= 4 is 5.57 Å². The second kappa shape index (κ2) is 6.68. The Hall–Kier alpha value is -1.39. The van der Waals surface area contributed by atoms with Gasteiger partial charge in [-0.05, 0) is 37.8 Å². The van der Waals surface area contributed by atoms with Crippen LogP contribution in [0.1, 0.15) is 49.8 Å². The normalized spacial score (nSPS) is 11.6. The van der Waals surface area contributed by atoms with Crippen molar-refractivity contribution in [3.8, 4) is 0 Å².